The number of sulfonamides is 1. The fourth-order valence-electron chi connectivity index (χ4n) is 2.59. The molecule has 0 bridgehead atoms. The highest BCUT2D eigenvalue weighted by Gasteiger charge is 2.34. The van der Waals surface area contributed by atoms with Crippen LogP contribution in [0.3, 0.4) is 0 Å². The highest BCUT2D eigenvalue weighted by Crippen LogP contribution is 2.31. The first-order valence-corrected chi connectivity index (χ1v) is 8.88. The van der Waals surface area contributed by atoms with Crippen molar-refractivity contribution in [2.24, 2.45) is 0 Å². The number of nitrogens with zero attached hydrogens (tertiary/aromatic N) is 1. The second-order valence-corrected chi connectivity index (χ2v) is 7.73. The first-order chi connectivity index (χ1) is 9.46. The standard InChI is InChI=1S/C13H19BrN2O3S/c14-10-4-5-12(15)13(9-10)20(18,19)16-7-2-1-3-11(16)6-8-17/h4-5,9,11,17H,1-3,6-8,15H2. The second-order valence-electron chi connectivity index (χ2n) is 4.96. The van der Waals surface area contributed by atoms with Crippen molar-refractivity contribution >= 4 is 31.6 Å². The predicted octanol–water partition coefficient (Wildman–Crippen LogP) is 1.96. The molecule has 1 unspecified atom stereocenters. The zero-order valence-corrected chi connectivity index (χ0v) is 13.5. The zero-order chi connectivity index (χ0) is 14.8. The van der Waals surface area contributed by atoms with Crippen LogP contribution in [0.1, 0.15) is 25.7 Å². The lowest BCUT2D eigenvalue weighted by Crippen LogP contribution is -2.44. The molecule has 0 saturated carbocycles. The average Bonchev–Trinajstić information content (AvgIpc) is 2.42. The number of hydrogen-bond acceptors (Lipinski definition) is 4. The number of rotatable bonds is 4. The third-order valence-electron chi connectivity index (χ3n) is 3.60. The molecule has 3 N–H and O–H groups in total. The normalized spacial score (nSPS) is 21.0. The third kappa shape index (κ3) is 3.16. The van der Waals surface area contributed by atoms with Gasteiger partial charge in [0.05, 0.1) is 5.69 Å². The van der Waals surface area contributed by atoms with Crippen molar-refractivity contribution in [1.82, 2.24) is 4.31 Å². The molecule has 20 heavy (non-hydrogen) atoms. The summed E-state index contributed by atoms with van der Waals surface area (Å²) in [5, 5.41) is 9.12. The minimum absolute atomic E-state index is 0.00927. The molecule has 0 amide bonds. The molecule has 1 aromatic carbocycles. The Morgan fingerprint density at radius 1 is 1.40 bits per heavy atom. The number of nitrogens with two attached hydrogens (primary N) is 1. The minimum Gasteiger partial charge on any atom is -0.398 e. The molecule has 2 rings (SSSR count). The van der Waals surface area contributed by atoms with Crippen LogP contribution < -0.4 is 5.73 Å². The van der Waals surface area contributed by atoms with E-state index in [-0.39, 0.29) is 23.2 Å². The lowest BCUT2D eigenvalue weighted by Gasteiger charge is -2.34. The van der Waals surface area contributed by atoms with Gasteiger partial charge in [0.1, 0.15) is 4.90 Å². The Hall–Kier alpha value is -0.630. The van der Waals surface area contributed by atoms with E-state index in [0.29, 0.717) is 17.4 Å². The maximum absolute atomic E-state index is 12.8. The summed E-state index contributed by atoms with van der Waals surface area (Å²) >= 11 is 3.28. The van der Waals surface area contributed by atoms with Crippen molar-refractivity contribution in [3.63, 3.8) is 0 Å². The molecule has 0 radical (unpaired) electrons. The van der Waals surface area contributed by atoms with Crippen molar-refractivity contribution in [1.29, 1.82) is 0 Å². The Kier molecular flexibility index (Phi) is 5.06. The van der Waals surface area contributed by atoms with E-state index in [0.717, 1.165) is 19.3 Å². The summed E-state index contributed by atoms with van der Waals surface area (Å²) < 4.78 is 27.8. The molecule has 1 aliphatic rings. The van der Waals surface area contributed by atoms with Crippen molar-refractivity contribution in [3.05, 3.63) is 22.7 Å². The predicted molar refractivity (Wildman–Crippen MR) is 81.8 cm³/mol. The van der Waals surface area contributed by atoms with E-state index < -0.39 is 10.0 Å². The second kappa shape index (κ2) is 6.43. The summed E-state index contributed by atoms with van der Waals surface area (Å²) in [6.07, 6.45) is 3.08. The van der Waals surface area contributed by atoms with Crippen LogP contribution >= 0.6 is 15.9 Å². The van der Waals surface area contributed by atoms with Gasteiger partial charge in [-0.2, -0.15) is 4.31 Å². The molecule has 1 saturated heterocycles. The van der Waals surface area contributed by atoms with E-state index in [1.165, 1.54) is 10.4 Å². The summed E-state index contributed by atoms with van der Waals surface area (Å²) in [7, 11) is -3.62. The van der Waals surface area contributed by atoms with Gasteiger partial charge >= 0.3 is 0 Å². The van der Waals surface area contributed by atoms with Gasteiger partial charge in [-0.25, -0.2) is 8.42 Å². The zero-order valence-electron chi connectivity index (χ0n) is 11.1. The van der Waals surface area contributed by atoms with Crippen LogP contribution in [-0.4, -0.2) is 37.0 Å². The van der Waals surface area contributed by atoms with Crippen LogP contribution in [0, 0.1) is 0 Å². The number of halogens is 1. The quantitative estimate of drug-likeness (QED) is 0.801. The molecule has 0 aliphatic carbocycles. The van der Waals surface area contributed by atoms with E-state index in [4.69, 9.17) is 10.8 Å². The van der Waals surface area contributed by atoms with Crippen LogP contribution in [-0.2, 0) is 10.0 Å². The Balaban J connectivity index is 2.39. The SMILES string of the molecule is Nc1ccc(Br)cc1S(=O)(=O)N1CCCCC1CCO. The number of aliphatic hydroxyl groups is 1. The van der Waals surface area contributed by atoms with Gasteiger partial charge in [0, 0.05) is 23.7 Å². The molecule has 1 atom stereocenters. The number of benzene rings is 1. The summed E-state index contributed by atoms with van der Waals surface area (Å²) in [5.74, 6) is 0. The van der Waals surface area contributed by atoms with Gasteiger partial charge in [-0.05, 0) is 37.5 Å². The van der Waals surface area contributed by atoms with Gasteiger partial charge in [-0.15, -0.1) is 0 Å². The van der Waals surface area contributed by atoms with E-state index in [1.807, 2.05) is 0 Å². The van der Waals surface area contributed by atoms with Crippen LogP contribution in [0.5, 0.6) is 0 Å². The summed E-state index contributed by atoms with van der Waals surface area (Å²) in [5.41, 5.74) is 6.08. The van der Waals surface area contributed by atoms with Crippen LogP contribution in [0.25, 0.3) is 0 Å². The maximum Gasteiger partial charge on any atom is 0.245 e. The number of piperidine rings is 1. The first-order valence-electron chi connectivity index (χ1n) is 6.64. The van der Waals surface area contributed by atoms with Crippen LogP contribution in [0.15, 0.2) is 27.6 Å². The Morgan fingerprint density at radius 3 is 2.85 bits per heavy atom. The number of nitrogen functional groups attached to an aromatic ring is 1. The largest absolute Gasteiger partial charge is 0.398 e. The monoisotopic (exact) mass is 362 g/mol. The Labute approximate surface area is 128 Å². The first kappa shape index (κ1) is 15.8. The molecule has 0 aromatic heterocycles. The molecular formula is C13H19BrN2O3S. The summed E-state index contributed by atoms with van der Waals surface area (Å²) in [4.78, 5) is 0.136. The minimum atomic E-state index is -3.62. The lowest BCUT2D eigenvalue weighted by molar-refractivity contribution is 0.192. The Bertz CT molecular complexity index is 575. The van der Waals surface area contributed by atoms with E-state index >= 15 is 0 Å². The van der Waals surface area contributed by atoms with Crippen molar-refractivity contribution < 1.29 is 13.5 Å². The highest BCUT2D eigenvalue weighted by atomic mass is 79.9. The number of aliphatic hydroxyl groups excluding tert-OH is 1. The topological polar surface area (TPSA) is 83.6 Å². The molecule has 1 heterocycles. The molecule has 1 aliphatic heterocycles. The van der Waals surface area contributed by atoms with Gasteiger partial charge in [0.15, 0.2) is 0 Å². The van der Waals surface area contributed by atoms with E-state index in [9.17, 15) is 8.42 Å². The van der Waals surface area contributed by atoms with Crippen LogP contribution in [0.4, 0.5) is 5.69 Å². The van der Waals surface area contributed by atoms with E-state index in [1.54, 1.807) is 12.1 Å². The average molecular weight is 363 g/mol. The van der Waals surface area contributed by atoms with Gasteiger partial charge in [0.2, 0.25) is 10.0 Å². The smallest absolute Gasteiger partial charge is 0.245 e. The van der Waals surface area contributed by atoms with E-state index in [2.05, 4.69) is 15.9 Å². The molecule has 1 fully saturated rings. The molecule has 0 spiro atoms. The van der Waals surface area contributed by atoms with Gasteiger partial charge < -0.3 is 10.8 Å². The maximum atomic E-state index is 12.8. The Morgan fingerprint density at radius 2 is 2.15 bits per heavy atom. The van der Waals surface area contributed by atoms with Crippen molar-refractivity contribution in [3.8, 4) is 0 Å². The summed E-state index contributed by atoms with van der Waals surface area (Å²) in [6, 6.07) is 4.70. The third-order valence-corrected chi connectivity index (χ3v) is 6.10. The number of hydrogen-bond donors (Lipinski definition) is 2. The molecule has 5 nitrogen and oxygen atoms in total. The lowest BCUT2D eigenvalue weighted by atomic mass is 10.0. The van der Waals surface area contributed by atoms with Crippen molar-refractivity contribution in [2.75, 3.05) is 18.9 Å². The fourth-order valence-corrected chi connectivity index (χ4v) is 4.97. The van der Waals surface area contributed by atoms with Crippen LogP contribution in [0.2, 0.25) is 0 Å². The highest BCUT2D eigenvalue weighted by molar-refractivity contribution is 9.10. The molecular weight excluding hydrogens is 344 g/mol. The molecule has 7 heteroatoms. The van der Waals surface area contributed by atoms with Gasteiger partial charge in [0.25, 0.3) is 0 Å². The summed E-state index contributed by atoms with van der Waals surface area (Å²) in [6.45, 7) is 0.476. The van der Waals surface area contributed by atoms with Gasteiger partial charge in [-0.1, -0.05) is 22.4 Å². The van der Waals surface area contributed by atoms with Gasteiger partial charge in [-0.3, -0.25) is 0 Å². The number of anilines is 1. The van der Waals surface area contributed by atoms with Crippen molar-refractivity contribution in [2.45, 2.75) is 36.6 Å². The molecule has 1 aromatic rings. The fraction of sp³-hybridized carbons (Fsp3) is 0.538. The molecule has 112 valence electrons.